The number of hydrogen-bond donors (Lipinski definition) is 2. The van der Waals surface area contributed by atoms with Crippen LogP contribution in [0.15, 0.2) is 48.1 Å². The zero-order valence-corrected chi connectivity index (χ0v) is 18.7. The maximum atomic E-state index is 12.9. The second-order valence-corrected chi connectivity index (χ2v) is 8.60. The number of anilines is 1. The first kappa shape index (κ1) is 23.6. The fourth-order valence-electron chi connectivity index (χ4n) is 3.59. The molecule has 0 aliphatic carbocycles. The monoisotopic (exact) mass is 490 g/mol. The predicted octanol–water partition coefficient (Wildman–Crippen LogP) is 3.23. The average Bonchev–Trinajstić information content (AvgIpc) is 3.31. The number of carbonyl (C=O) groups excluding carboxylic acids is 2. The molecule has 0 saturated carbocycles. The van der Waals surface area contributed by atoms with Gasteiger partial charge in [0.25, 0.3) is 0 Å². The number of halogens is 3. The lowest BCUT2D eigenvalue weighted by Crippen LogP contribution is -2.48. The molecule has 34 heavy (non-hydrogen) atoms. The summed E-state index contributed by atoms with van der Waals surface area (Å²) in [5, 5.41) is 1.99. The molecule has 1 fully saturated rings. The molecule has 1 saturated heterocycles. The molecule has 0 atom stereocenters. The van der Waals surface area contributed by atoms with E-state index in [4.69, 9.17) is 0 Å². The minimum absolute atomic E-state index is 0.112. The number of alkyl halides is 3. The zero-order chi connectivity index (χ0) is 24.1. The van der Waals surface area contributed by atoms with Crippen molar-refractivity contribution in [2.24, 2.45) is 5.92 Å². The standard InChI is InChI=1S/C22H21F3N6O2S/c23-22(24,25)16-4-1-3-15(11-16)20-28-17(13-34-20)12-18(32)29-30-19(33)14-5-9-31(10-6-14)21-26-7-2-8-27-21/h1-4,7-8,11,13-14H,5-6,9-10,12H2,(H,29,32)(H,30,33). The number of hydrogen-bond acceptors (Lipinski definition) is 7. The van der Waals surface area contributed by atoms with E-state index in [1.54, 1.807) is 23.8 Å². The molecule has 2 aromatic heterocycles. The van der Waals surface area contributed by atoms with Crippen molar-refractivity contribution in [1.82, 2.24) is 25.8 Å². The first-order valence-corrected chi connectivity index (χ1v) is 11.4. The second kappa shape index (κ2) is 10.2. The van der Waals surface area contributed by atoms with Crippen LogP contribution in [0.5, 0.6) is 0 Å². The van der Waals surface area contributed by atoms with E-state index < -0.39 is 17.6 Å². The molecule has 4 rings (SSSR count). The van der Waals surface area contributed by atoms with E-state index in [-0.39, 0.29) is 18.2 Å². The summed E-state index contributed by atoms with van der Waals surface area (Å²) in [6.45, 7) is 1.26. The maximum absolute atomic E-state index is 12.9. The Morgan fingerprint density at radius 1 is 1.09 bits per heavy atom. The first-order valence-electron chi connectivity index (χ1n) is 10.5. The number of amides is 2. The van der Waals surface area contributed by atoms with Crippen LogP contribution in [0.1, 0.15) is 24.1 Å². The van der Waals surface area contributed by atoms with Crippen molar-refractivity contribution < 1.29 is 22.8 Å². The molecule has 178 valence electrons. The van der Waals surface area contributed by atoms with Gasteiger partial charge in [-0.05, 0) is 31.0 Å². The number of rotatable bonds is 5. The van der Waals surface area contributed by atoms with Gasteiger partial charge in [0.15, 0.2) is 0 Å². The van der Waals surface area contributed by atoms with E-state index in [1.807, 2.05) is 4.90 Å². The van der Waals surface area contributed by atoms with Crippen molar-refractivity contribution in [3.63, 3.8) is 0 Å². The first-order chi connectivity index (χ1) is 16.3. The van der Waals surface area contributed by atoms with E-state index in [2.05, 4.69) is 25.8 Å². The van der Waals surface area contributed by atoms with E-state index in [0.717, 1.165) is 23.5 Å². The molecule has 1 aromatic carbocycles. The van der Waals surface area contributed by atoms with E-state index in [0.29, 0.717) is 48.1 Å². The molecular formula is C22H21F3N6O2S. The van der Waals surface area contributed by atoms with Crippen LogP contribution in [0.3, 0.4) is 0 Å². The molecule has 12 heteroatoms. The van der Waals surface area contributed by atoms with Crippen LogP contribution in [-0.4, -0.2) is 39.9 Å². The van der Waals surface area contributed by atoms with Crippen LogP contribution in [0.25, 0.3) is 10.6 Å². The number of nitrogens with zero attached hydrogens (tertiary/aromatic N) is 4. The molecule has 2 N–H and O–H groups in total. The van der Waals surface area contributed by atoms with Gasteiger partial charge in [0.05, 0.1) is 17.7 Å². The summed E-state index contributed by atoms with van der Waals surface area (Å²) >= 11 is 1.15. The molecule has 0 unspecified atom stereocenters. The van der Waals surface area contributed by atoms with E-state index in [1.165, 1.54) is 12.1 Å². The third-order valence-corrected chi connectivity index (χ3v) is 6.30. The third-order valence-electron chi connectivity index (χ3n) is 5.36. The third kappa shape index (κ3) is 5.87. The van der Waals surface area contributed by atoms with Gasteiger partial charge in [-0.25, -0.2) is 15.0 Å². The normalized spacial score (nSPS) is 14.6. The molecular weight excluding hydrogens is 469 g/mol. The average molecular weight is 491 g/mol. The van der Waals surface area contributed by atoms with Crippen LogP contribution >= 0.6 is 11.3 Å². The molecule has 3 heterocycles. The number of thiazole rings is 1. The summed E-state index contributed by atoms with van der Waals surface area (Å²) in [5.41, 5.74) is 4.81. The summed E-state index contributed by atoms with van der Waals surface area (Å²) in [7, 11) is 0. The Bertz CT molecular complexity index is 1150. The van der Waals surface area contributed by atoms with Gasteiger partial charge in [-0.1, -0.05) is 12.1 Å². The lowest BCUT2D eigenvalue weighted by molar-refractivity contribution is -0.137. The Balaban J connectivity index is 1.25. The highest BCUT2D eigenvalue weighted by atomic mass is 32.1. The minimum atomic E-state index is -4.44. The van der Waals surface area contributed by atoms with Crippen LogP contribution in [-0.2, 0) is 22.2 Å². The Morgan fingerprint density at radius 2 is 1.82 bits per heavy atom. The largest absolute Gasteiger partial charge is 0.416 e. The van der Waals surface area contributed by atoms with Gasteiger partial charge in [-0.3, -0.25) is 20.4 Å². The number of benzene rings is 1. The van der Waals surface area contributed by atoms with Gasteiger partial charge in [-0.15, -0.1) is 11.3 Å². The van der Waals surface area contributed by atoms with Gasteiger partial charge >= 0.3 is 6.18 Å². The Morgan fingerprint density at radius 3 is 2.53 bits per heavy atom. The molecule has 0 spiro atoms. The van der Waals surface area contributed by atoms with Crippen LogP contribution < -0.4 is 15.8 Å². The SMILES string of the molecule is O=C(Cc1csc(-c2cccc(C(F)(F)F)c2)n1)NNC(=O)C1CCN(c2ncccn2)CC1. The molecule has 0 radical (unpaired) electrons. The molecule has 2 amide bonds. The van der Waals surface area contributed by atoms with Crippen molar-refractivity contribution in [3.8, 4) is 10.6 Å². The highest BCUT2D eigenvalue weighted by Crippen LogP contribution is 2.33. The summed E-state index contributed by atoms with van der Waals surface area (Å²) in [5.74, 6) is -0.358. The molecule has 8 nitrogen and oxygen atoms in total. The number of piperidine rings is 1. The lowest BCUT2D eigenvalue weighted by atomic mass is 9.96. The van der Waals surface area contributed by atoms with Gasteiger partial charge in [0.1, 0.15) is 5.01 Å². The Kier molecular flexibility index (Phi) is 7.06. The van der Waals surface area contributed by atoms with E-state index in [9.17, 15) is 22.8 Å². The topological polar surface area (TPSA) is 100 Å². The number of carbonyl (C=O) groups is 2. The van der Waals surface area contributed by atoms with Crippen molar-refractivity contribution in [2.45, 2.75) is 25.4 Å². The van der Waals surface area contributed by atoms with Crippen LogP contribution in [0.4, 0.5) is 19.1 Å². The van der Waals surface area contributed by atoms with Gasteiger partial charge in [0, 0.05) is 42.3 Å². The number of hydrazine groups is 1. The smallest absolute Gasteiger partial charge is 0.341 e. The highest BCUT2D eigenvalue weighted by Gasteiger charge is 2.30. The second-order valence-electron chi connectivity index (χ2n) is 7.75. The summed E-state index contributed by atoms with van der Waals surface area (Å²) < 4.78 is 38.8. The summed E-state index contributed by atoms with van der Waals surface area (Å²) in [6.07, 6.45) is -0.0123. The Labute approximate surface area is 197 Å². The van der Waals surface area contributed by atoms with E-state index >= 15 is 0 Å². The summed E-state index contributed by atoms with van der Waals surface area (Å²) in [6, 6.07) is 6.61. The van der Waals surface area contributed by atoms with Crippen molar-refractivity contribution in [2.75, 3.05) is 18.0 Å². The molecule has 3 aromatic rings. The Hall–Kier alpha value is -3.54. The molecule has 0 bridgehead atoms. The summed E-state index contributed by atoms with van der Waals surface area (Å²) in [4.78, 5) is 39.3. The predicted molar refractivity (Wildman–Crippen MR) is 120 cm³/mol. The van der Waals surface area contributed by atoms with Gasteiger partial charge in [0.2, 0.25) is 17.8 Å². The van der Waals surface area contributed by atoms with Crippen molar-refractivity contribution in [1.29, 1.82) is 0 Å². The lowest BCUT2D eigenvalue weighted by Gasteiger charge is -2.31. The molecule has 1 aliphatic rings. The maximum Gasteiger partial charge on any atom is 0.416 e. The zero-order valence-electron chi connectivity index (χ0n) is 17.9. The van der Waals surface area contributed by atoms with Gasteiger partial charge in [-0.2, -0.15) is 13.2 Å². The quantitative estimate of drug-likeness (QED) is 0.533. The van der Waals surface area contributed by atoms with Crippen molar-refractivity contribution >= 4 is 29.1 Å². The van der Waals surface area contributed by atoms with Crippen LogP contribution in [0.2, 0.25) is 0 Å². The molecule has 1 aliphatic heterocycles. The number of nitrogens with one attached hydrogen (secondary N) is 2. The minimum Gasteiger partial charge on any atom is -0.341 e. The number of aromatic nitrogens is 3. The van der Waals surface area contributed by atoms with Crippen LogP contribution in [0, 0.1) is 5.92 Å². The highest BCUT2D eigenvalue weighted by molar-refractivity contribution is 7.13. The fraction of sp³-hybridized carbons (Fsp3) is 0.318. The van der Waals surface area contributed by atoms with Gasteiger partial charge < -0.3 is 4.90 Å². The van der Waals surface area contributed by atoms with Crippen molar-refractivity contribution in [3.05, 3.63) is 59.4 Å². The fourth-order valence-corrected chi connectivity index (χ4v) is 4.40.